The number of halogens is 3. The quantitative estimate of drug-likeness (QED) is 0.700. The second kappa shape index (κ2) is 3.54. The molecule has 64 valence electrons. The number of rotatable bonds is 1. The van der Waals surface area contributed by atoms with Crippen molar-refractivity contribution in [2.45, 2.75) is 6.92 Å². The fourth-order valence-electron chi connectivity index (χ4n) is 0.869. The van der Waals surface area contributed by atoms with E-state index in [4.69, 9.17) is 11.6 Å². The minimum absolute atomic E-state index is 0.0939. The third-order valence-electron chi connectivity index (χ3n) is 1.43. The van der Waals surface area contributed by atoms with Crippen molar-refractivity contribution in [2.75, 3.05) is 0 Å². The summed E-state index contributed by atoms with van der Waals surface area (Å²) in [4.78, 5) is 10.7. The molecule has 0 fully saturated rings. The standard InChI is InChI=1S/C8H5BrClFO/c1-4-2-5(9)3-6(7(4)11)8(10)12/h2-3H,1H3. The first-order chi connectivity index (χ1) is 5.52. The first-order valence-corrected chi connectivity index (χ1v) is 4.35. The largest absolute Gasteiger partial charge is 0.275 e. The van der Waals surface area contributed by atoms with E-state index in [-0.39, 0.29) is 5.56 Å². The molecule has 0 atom stereocenters. The minimum Gasteiger partial charge on any atom is -0.275 e. The second-order valence-corrected chi connectivity index (χ2v) is 3.62. The highest BCUT2D eigenvalue weighted by atomic mass is 79.9. The zero-order valence-electron chi connectivity index (χ0n) is 6.20. The molecule has 1 aromatic rings. The summed E-state index contributed by atoms with van der Waals surface area (Å²) in [5, 5.41) is -0.781. The average molecular weight is 251 g/mol. The van der Waals surface area contributed by atoms with Gasteiger partial charge in [0, 0.05) is 4.47 Å². The summed E-state index contributed by atoms with van der Waals surface area (Å²) >= 11 is 8.29. The van der Waals surface area contributed by atoms with Crippen molar-refractivity contribution in [2.24, 2.45) is 0 Å². The molecule has 1 aromatic carbocycles. The molecule has 0 aliphatic rings. The summed E-state index contributed by atoms with van der Waals surface area (Å²) in [6.45, 7) is 1.57. The molecule has 0 bridgehead atoms. The molecule has 0 aliphatic heterocycles. The highest BCUT2D eigenvalue weighted by molar-refractivity contribution is 9.10. The van der Waals surface area contributed by atoms with E-state index in [1.54, 1.807) is 13.0 Å². The van der Waals surface area contributed by atoms with Gasteiger partial charge >= 0.3 is 0 Å². The normalized spacial score (nSPS) is 10.0. The zero-order valence-corrected chi connectivity index (χ0v) is 8.54. The number of benzene rings is 1. The van der Waals surface area contributed by atoms with Crippen LogP contribution in [0.2, 0.25) is 0 Å². The molecule has 0 heterocycles. The second-order valence-electron chi connectivity index (χ2n) is 2.36. The number of aryl methyl sites for hydroxylation is 1. The molecule has 1 rings (SSSR count). The third-order valence-corrected chi connectivity index (χ3v) is 2.09. The smallest absolute Gasteiger partial charge is 0.255 e. The molecule has 12 heavy (non-hydrogen) atoms. The van der Waals surface area contributed by atoms with Crippen molar-refractivity contribution in [3.8, 4) is 0 Å². The average Bonchev–Trinajstić information content (AvgIpc) is 1.96. The van der Waals surface area contributed by atoms with Crippen LogP contribution in [0.25, 0.3) is 0 Å². The maximum absolute atomic E-state index is 13.1. The van der Waals surface area contributed by atoms with Crippen LogP contribution in [-0.2, 0) is 0 Å². The molecular weight excluding hydrogens is 246 g/mol. The van der Waals surface area contributed by atoms with Gasteiger partial charge in [-0.05, 0) is 36.2 Å². The van der Waals surface area contributed by atoms with Crippen LogP contribution >= 0.6 is 27.5 Å². The third kappa shape index (κ3) is 1.84. The highest BCUT2D eigenvalue weighted by Crippen LogP contribution is 2.20. The molecule has 0 amide bonds. The van der Waals surface area contributed by atoms with Gasteiger partial charge in [-0.2, -0.15) is 0 Å². The number of hydrogen-bond acceptors (Lipinski definition) is 1. The number of hydrogen-bond donors (Lipinski definition) is 0. The molecule has 0 saturated carbocycles. The van der Waals surface area contributed by atoms with Crippen LogP contribution in [-0.4, -0.2) is 5.24 Å². The van der Waals surface area contributed by atoms with Crippen molar-refractivity contribution in [1.29, 1.82) is 0 Å². The Kier molecular flexibility index (Phi) is 2.85. The van der Waals surface area contributed by atoms with Crippen LogP contribution in [0.1, 0.15) is 15.9 Å². The Morgan fingerprint density at radius 1 is 1.58 bits per heavy atom. The fourth-order valence-corrected chi connectivity index (χ4v) is 1.58. The Hall–Kier alpha value is -0.410. The summed E-state index contributed by atoms with van der Waals surface area (Å²) in [5.41, 5.74) is 0.303. The summed E-state index contributed by atoms with van der Waals surface area (Å²) in [6, 6.07) is 2.94. The molecule has 0 radical (unpaired) electrons. The number of carbonyl (C=O) groups excluding carboxylic acids is 1. The maximum atomic E-state index is 13.1. The van der Waals surface area contributed by atoms with Crippen molar-refractivity contribution in [3.05, 3.63) is 33.5 Å². The van der Waals surface area contributed by atoms with Crippen LogP contribution in [0.4, 0.5) is 4.39 Å². The minimum atomic E-state index is -0.781. The van der Waals surface area contributed by atoms with E-state index >= 15 is 0 Å². The van der Waals surface area contributed by atoms with Crippen LogP contribution in [0, 0.1) is 12.7 Å². The van der Waals surface area contributed by atoms with E-state index in [1.165, 1.54) is 6.07 Å². The Bertz CT molecular complexity index is 338. The van der Waals surface area contributed by atoms with E-state index < -0.39 is 11.1 Å². The molecular formula is C8H5BrClFO. The lowest BCUT2D eigenvalue weighted by atomic mass is 10.1. The van der Waals surface area contributed by atoms with Gasteiger partial charge in [-0.25, -0.2) is 4.39 Å². The first-order valence-electron chi connectivity index (χ1n) is 3.18. The Balaban J connectivity index is 3.37. The van der Waals surface area contributed by atoms with E-state index in [0.717, 1.165) is 0 Å². The van der Waals surface area contributed by atoms with Crippen LogP contribution in [0.15, 0.2) is 16.6 Å². The van der Waals surface area contributed by atoms with Crippen molar-refractivity contribution in [1.82, 2.24) is 0 Å². The Morgan fingerprint density at radius 2 is 2.17 bits per heavy atom. The molecule has 0 aromatic heterocycles. The lowest BCUT2D eigenvalue weighted by Crippen LogP contribution is -1.96. The number of carbonyl (C=O) groups is 1. The lowest BCUT2D eigenvalue weighted by molar-refractivity contribution is 0.107. The van der Waals surface area contributed by atoms with Crippen LogP contribution < -0.4 is 0 Å². The molecule has 0 spiro atoms. The monoisotopic (exact) mass is 250 g/mol. The Labute approximate surface area is 82.7 Å². The fraction of sp³-hybridized carbons (Fsp3) is 0.125. The molecule has 0 unspecified atom stereocenters. The van der Waals surface area contributed by atoms with E-state index in [1.807, 2.05) is 0 Å². The predicted octanol–water partition coefficient (Wildman–Crippen LogP) is 3.28. The molecule has 0 N–H and O–H groups in total. The van der Waals surface area contributed by atoms with Crippen molar-refractivity contribution < 1.29 is 9.18 Å². The van der Waals surface area contributed by atoms with Gasteiger partial charge in [-0.15, -0.1) is 0 Å². The van der Waals surface area contributed by atoms with Gasteiger partial charge in [-0.1, -0.05) is 15.9 Å². The summed E-state index contributed by atoms with van der Waals surface area (Å²) in [6.07, 6.45) is 0. The summed E-state index contributed by atoms with van der Waals surface area (Å²) in [7, 11) is 0. The molecule has 0 aliphatic carbocycles. The van der Waals surface area contributed by atoms with E-state index in [2.05, 4.69) is 15.9 Å². The van der Waals surface area contributed by atoms with Crippen molar-refractivity contribution >= 4 is 32.8 Å². The van der Waals surface area contributed by atoms with Gasteiger partial charge in [0.1, 0.15) is 5.82 Å². The lowest BCUT2D eigenvalue weighted by Gasteiger charge is -2.01. The maximum Gasteiger partial charge on any atom is 0.255 e. The van der Waals surface area contributed by atoms with Crippen LogP contribution in [0.3, 0.4) is 0 Å². The molecule has 4 heteroatoms. The predicted molar refractivity (Wildman–Crippen MR) is 49.0 cm³/mol. The Morgan fingerprint density at radius 3 is 2.67 bits per heavy atom. The van der Waals surface area contributed by atoms with Crippen molar-refractivity contribution in [3.63, 3.8) is 0 Å². The van der Waals surface area contributed by atoms with Gasteiger partial charge in [0.15, 0.2) is 0 Å². The van der Waals surface area contributed by atoms with Gasteiger partial charge in [0.25, 0.3) is 5.24 Å². The zero-order chi connectivity index (χ0) is 9.30. The van der Waals surface area contributed by atoms with Gasteiger partial charge in [0.2, 0.25) is 0 Å². The van der Waals surface area contributed by atoms with Crippen LogP contribution in [0.5, 0.6) is 0 Å². The van der Waals surface area contributed by atoms with E-state index in [9.17, 15) is 9.18 Å². The van der Waals surface area contributed by atoms with E-state index in [0.29, 0.717) is 10.0 Å². The first kappa shape index (κ1) is 9.68. The SMILES string of the molecule is Cc1cc(Br)cc(C(=O)Cl)c1F. The molecule has 0 saturated heterocycles. The highest BCUT2D eigenvalue weighted by Gasteiger charge is 2.11. The topological polar surface area (TPSA) is 17.1 Å². The summed E-state index contributed by atoms with van der Waals surface area (Å²) in [5.74, 6) is -0.557. The van der Waals surface area contributed by atoms with Gasteiger partial charge < -0.3 is 0 Å². The van der Waals surface area contributed by atoms with Gasteiger partial charge in [0.05, 0.1) is 5.56 Å². The van der Waals surface area contributed by atoms with Gasteiger partial charge in [-0.3, -0.25) is 4.79 Å². The molecule has 1 nitrogen and oxygen atoms in total. The summed E-state index contributed by atoms with van der Waals surface area (Å²) < 4.78 is 13.8.